The molecule has 0 saturated heterocycles. The number of para-hydroxylation sites is 2. The van der Waals surface area contributed by atoms with Gasteiger partial charge in [0.1, 0.15) is 17.4 Å². The van der Waals surface area contributed by atoms with Gasteiger partial charge in [-0.05, 0) is 72.9 Å². The highest BCUT2D eigenvalue weighted by atomic mass is 19.1. The van der Waals surface area contributed by atoms with E-state index in [1.54, 1.807) is 12.1 Å². The number of benzene rings is 3. The number of nitrogens with zero attached hydrogens (tertiary/aromatic N) is 2. The monoisotopic (exact) mass is 402 g/mol. The summed E-state index contributed by atoms with van der Waals surface area (Å²) >= 11 is 0. The van der Waals surface area contributed by atoms with E-state index in [2.05, 4.69) is 36.6 Å². The first kappa shape index (κ1) is 20.1. The zero-order valence-corrected chi connectivity index (χ0v) is 17.5. The van der Waals surface area contributed by atoms with Crippen LogP contribution in [0.1, 0.15) is 38.2 Å². The van der Waals surface area contributed by atoms with E-state index in [0.717, 1.165) is 47.6 Å². The summed E-state index contributed by atoms with van der Waals surface area (Å²) in [6, 6.07) is 23.0. The molecule has 0 saturated carbocycles. The Labute approximate surface area is 177 Å². The normalized spacial score (nSPS) is 11.3. The van der Waals surface area contributed by atoms with Crippen LogP contribution in [0.5, 0.6) is 5.75 Å². The van der Waals surface area contributed by atoms with Crippen LogP contribution >= 0.6 is 0 Å². The van der Waals surface area contributed by atoms with Gasteiger partial charge in [0.05, 0.1) is 17.6 Å². The van der Waals surface area contributed by atoms with E-state index in [9.17, 15) is 4.39 Å². The smallest absolute Gasteiger partial charge is 0.141 e. The van der Waals surface area contributed by atoms with Gasteiger partial charge in [-0.1, -0.05) is 38.1 Å². The maximum atomic E-state index is 13.4. The number of aryl methyl sites for hydroxylation is 1. The van der Waals surface area contributed by atoms with Crippen molar-refractivity contribution in [2.24, 2.45) is 0 Å². The van der Waals surface area contributed by atoms with E-state index < -0.39 is 0 Å². The number of aromatic nitrogens is 2. The van der Waals surface area contributed by atoms with Gasteiger partial charge in [0.15, 0.2) is 0 Å². The molecule has 30 heavy (non-hydrogen) atoms. The summed E-state index contributed by atoms with van der Waals surface area (Å²) in [4.78, 5) is 4.79. The second kappa shape index (κ2) is 9.12. The lowest BCUT2D eigenvalue weighted by atomic mass is 10.0. The van der Waals surface area contributed by atoms with Gasteiger partial charge < -0.3 is 9.30 Å². The number of hydrogen-bond donors (Lipinski definition) is 0. The first-order valence-corrected chi connectivity index (χ1v) is 10.6. The van der Waals surface area contributed by atoms with Crippen molar-refractivity contribution in [2.75, 3.05) is 6.61 Å². The van der Waals surface area contributed by atoms with Gasteiger partial charge in [-0.25, -0.2) is 9.37 Å². The van der Waals surface area contributed by atoms with Crippen molar-refractivity contribution in [3.63, 3.8) is 0 Å². The fourth-order valence-electron chi connectivity index (χ4n) is 3.63. The van der Waals surface area contributed by atoms with Crippen LogP contribution in [0.25, 0.3) is 22.4 Å². The van der Waals surface area contributed by atoms with Crippen LogP contribution < -0.4 is 4.74 Å². The van der Waals surface area contributed by atoms with E-state index in [1.807, 2.05) is 30.3 Å². The van der Waals surface area contributed by atoms with Gasteiger partial charge in [0.2, 0.25) is 0 Å². The minimum atomic E-state index is -0.236. The summed E-state index contributed by atoms with van der Waals surface area (Å²) in [5, 5.41) is 0. The summed E-state index contributed by atoms with van der Waals surface area (Å²) in [5.74, 6) is 2.08. The molecule has 4 rings (SSSR count). The summed E-state index contributed by atoms with van der Waals surface area (Å²) in [5.41, 5.74) is 4.30. The lowest BCUT2D eigenvalue weighted by Gasteiger charge is -2.11. The van der Waals surface area contributed by atoms with Gasteiger partial charge in [-0.3, -0.25) is 0 Å². The molecule has 1 heterocycles. The highest BCUT2D eigenvalue weighted by Gasteiger charge is 2.12. The summed E-state index contributed by atoms with van der Waals surface area (Å²) in [6.45, 7) is 5.90. The minimum Gasteiger partial charge on any atom is -0.494 e. The molecule has 3 nitrogen and oxygen atoms in total. The highest BCUT2D eigenvalue weighted by molar-refractivity contribution is 5.80. The Balaban J connectivity index is 1.41. The van der Waals surface area contributed by atoms with Crippen molar-refractivity contribution in [3.05, 3.63) is 84.2 Å². The predicted molar refractivity (Wildman–Crippen MR) is 120 cm³/mol. The second-order valence-electron chi connectivity index (χ2n) is 7.86. The molecule has 0 aliphatic heterocycles. The molecule has 0 N–H and O–H groups in total. The number of imidazole rings is 1. The Morgan fingerprint density at radius 2 is 1.63 bits per heavy atom. The maximum Gasteiger partial charge on any atom is 0.141 e. The number of ether oxygens (including phenoxy) is 1. The van der Waals surface area contributed by atoms with Crippen LogP contribution in [0.4, 0.5) is 4.39 Å². The fraction of sp³-hybridized carbons (Fsp3) is 0.269. The van der Waals surface area contributed by atoms with Crippen LogP contribution in [0.15, 0.2) is 72.8 Å². The third-order valence-electron chi connectivity index (χ3n) is 5.35. The van der Waals surface area contributed by atoms with Crippen molar-refractivity contribution in [3.8, 4) is 17.1 Å². The van der Waals surface area contributed by atoms with Crippen LogP contribution in [0, 0.1) is 5.82 Å². The van der Waals surface area contributed by atoms with E-state index in [-0.39, 0.29) is 5.82 Å². The highest BCUT2D eigenvalue weighted by Crippen LogP contribution is 2.26. The van der Waals surface area contributed by atoms with Crippen LogP contribution in [0.2, 0.25) is 0 Å². The van der Waals surface area contributed by atoms with Crippen molar-refractivity contribution < 1.29 is 9.13 Å². The third kappa shape index (κ3) is 4.54. The Morgan fingerprint density at radius 1 is 0.900 bits per heavy atom. The fourth-order valence-corrected chi connectivity index (χ4v) is 3.63. The van der Waals surface area contributed by atoms with Gasteiger partial charge >= 0.3 is 0 Å². The Hall–Kier alpha value is -3.14. The summed E-state index contributed by atoms with van der Waals surface area (Å²) < 4.78 is 21.5. The molecule has 4 heteroatoms. The zero-order chi connectivity index (χ0) is 20.9. The topological polar surface area (TPSA) is 27.1 Å². The molecular formula is C26H27FN2O. The van der Waals surface area contributed by atoms with E-state index in [4.69, 9.17) is 9.72 Å². The van der Waals surface area contributed by atoms with E-state index >= 15 is 0 Å². The van der Waals surface area contributed by atoms with Crippen LogP contribution in [0.3, 0.4) is 0 Å². The van der Waals surface area contributed by atoms with Gasteiger partial charge in [0.25, 0.3) is 0 Å². The number of halogens is 1. The number of hydrogen-bond acceptors (Lipinski definition) is 2. The molecule has 0 bridgehead atoms. The molecule has 0 unspecified atom stereocenters. The van der Waals surface area contributed by atoms with Gasteiger partial charge in [0, 0.05) is 12.1 Å². The molecule has 0 fully saturated rings. The van der Waals surface area contributed by atoms with Crippen LogP contribution in [-0.4, -0.2) is 16.2 Å². The lowest BCUT2D eigenvalue weighted by Crippen LogP contribution is -2.04. The van der Waals surface area contributed by atoms with E-state index in [1.165, 1.54) is 17.7 Å². The zero-order valence-electron chi connectivity index (χ0n) is 17.5. The number of unbranched alkanes of at least 4 members (excludes halogenated alkanes) is 1. The van der Waals surface area contributed by atoms with Gasteiger partial charge in [-0.2, -0.15) is 0 Å². The molecule has 4 aromatic rings. The quantitative estimate of drug-likeness (QED) is 0.302. The maximum absolute atomic E-state index is 13.4. The number of fused-ring (bicyclic) bond motifs is 1. The summed E-state index contributed by atoms with van der Waals surface area (Å²) in [7, 11) is 0. The summed E-state index contributed by atoms with van der Waals surface area (Å²) in [6.07, 6.45) is 1.92. The van der Waals surface area contributed by atoms with Gasteiger partial charge in [-0.15, -0.1) is 0 Å². The molecule has 0 amide bonds. The first-order chi connectivity index (χ1) is 14.6. The molecule has 1 aromatic heterocycles. The number of rotatable bonds is 8. The molecule has 0 aliphatic rings. The average Bonchev–Trinajstić information content (AvgIpc) is 3.13. The standard InChI is InChI=1S/C26H27FN2O/c1-19(2)20-11-15-23(16-12-20)30-18-6-5-17-29-25-8-4-3-7-24(25)28-26(29)21-9-13-22(27)14-10-21/h3-4,7-16,19H,5-6,17-18H2,1-2H3. The largest absolute Gasteiger partial charge is 0.494 e. The van der Waals surface area contributed by atoms with E-state index in [0.29, 0.717) is 12.5 Å². The Kier molecular flexibility index (Phi) is 6.12. The third-order valence-corrected chi connectivity index (χ3v) is 5.35. The second-order valence-corrected chi connectivity index (χ2v) is 7.86. The van der Waals surface area contributed by atoms with Crippen LogP contribution in [-0.2, 0) is 6.54 Å². The van der Waals surface area contributed by atoms with Crippen molar-refractivity contribution in [2.45, 2.75) is 39.2 Å². The molecule has 0 aliphatic carbocycles. The van der Waals surface area contributed by atoms with Crippen molar-refractivity contribution in [1.82, 2.24) is 9.55 Å². The first-order valence-electron chi connectivity index (χ1n) is 10.6. The molecule has 0 spiro atoms. The predicted octanol–water partition coefficient (Wildman–Crippen LogP) is 6.83. The molecule has 3 aromatic carbocycles. The Bertz CT molecular complexity index is 1100. The molecule has 154 valence electrons. The molecule has 0 atom stereocenters. The lowest BCUT2D eigenvalue weighted by molar-refractivity contribution is 0.303. The average molecular weight is 403 g/mol. The molecule has 0 radical (unpaired) electrons. The Morgan fingerprint density at radius 3 is 2.37 bits per heavy atom. The van der Waals surface area contributed by atoms with Crippen molar-refractivity contribution in [1.29, 1.82) is 0 Å². The molecular weight excluding hydrogens is 375 g/mol. The minimum absolute atomic E-state index is 0.236. The van der Waals surface area contributed by atoms with Crippen molar-refractivity contribution >= 4 is 11.0 Å². The SMILES string of the molecule is CC(C)c1ccc(OCCCCn2c(-c3ccc(F)cc3)nc3ccccc32)cc1.